The highest BCUT2D eigenvalue weighted by Gasteiger charge is 2.12. The van der Waals surface area contributed by atoms with Crippen LogP contribution in [0, 0.1) is 20.8 Å². The first-order valence-corrected chi connectivity index (χ1v) is 10.00. The highest BCUT2D eigenvalue weighted by molar-refractivity contribution is 5.74. The van der Waals surface area contributed by atoms with Crippen LogP contribution in [0.25, 0.3) is 11.1 Å². The number of hydrogen-bond donors (Lipinski definition) is 3. The summed E-state index contributed by atoms with van der Waals surface area (Å²) in [4.78, 5) is 8.94. The average Bonchev–Trinajstić information content (AvgIpc) is 2.80. The van der Waals surface area contributed by atoms with E-state index in [-0.39, 0.29) is 0 Å². The van der Waals surface area contributed by atoms with Crippen LogP contribution in [0.3, 0.4) is 0 Å². The number of aryl methyl sites for hydroxylation is 3. The van der Waals surface area contributed by atoms with Crippen molar-refractivity contribution in [1.29, 1.82) is 0 Å². The molecule has 0 aromatic heterocycles. The van der Waals surface area contributed by atoms with Crippen molar-refractivity contribution in [2.75, 3.05) is 19.5 Å². The van der Waals surface area contributed by atoms with E-state index in [1.54, 1.807) is 12.5 Å². The van der Waals surface area contributed by atoms with Crippen molar-refractivity contribution in [2.45, 2.75) is 27.4 Å². The molecule has 0 radical (unpaired) electrons. The number of para-hydroxylation sites is 1. The number of amides is 1. The summed E-state index contributed by atoms with van der Waals surface area (Å²) in [6.07, 6.45) is 0.403. The van der Waals surface area contributed by atoms with Gasteiger partial charge >= 0.3 is 0 Å². The highest BCUT2D eigenvalue weighted by atomic mass is 16.5. The van der Waals surface area contributed by atoms with Crippen LogP contribution in [0.1, 0.15) is 22.3 Å². The van der Waals surface area contributed by atoms with Gasteiger partial charge in [-0.25, -0.2) is 5.84 Å². The molecule has 3 aromatic rings. The van der Waals surface area contributed by atoms with Gasteiger partial charge in [-0.3, -0.25) is 10.2 Å². The molecule has 0 fully saturated rings. The van der Waals surface area contributed by atoms with E-state index in [9.17, 15) is 0 Å². The Morgan fingerprint density at radius 3 is 2.26 bits per heavy atom. The van der Waals surface area contributed by atoms with Gasteiger partial charge in [-0.05, 0) is 67.3 Å². The molecular formula is C25H31N3O3. The van der Waals surface area contributed by atoms with Crippen molar-refractivity contribution in [3.63, 3.8) is 0 Å². The number of rotatable bonds is 7. The number of hydrazine groups is 1. The summed E-state index contributed by atoms with van der Waals surface area (Å²) in [6.45, 7) is 6.85. The van der Waals surface area contributed by atoms with Gasteiger partial charge < -0.3 is 14.8 Å². The Kier molecular flexibility index (Phi) is 8.91. The number of benzene rings is 3. The number of carbonyl (C=O) groups is 1. The van der Waals surface area contributed by atoms with Gasteiger partial charge in [0.05, 0.1) is 7.11 Å². The van der Waals surface area contributed by atoms with Crippen LogP contribution in [0.5, 0.6) is 11.5 Å². The van der Waals surface area contributed by atoms with Crippen molar-refractivity contribution in [3.8, 4) is 22.6 Å². The van der Waals surface area contributed by atoms with Gasteiger partial charge in [0.15, 0.2) is 0 Å². The molecule has 0 saturated carbocycles. The Labute approximate surface area is 184 Å². The molecule has 4 N–H and O–H groups in total. The van der Waals surface area contributed by atoms with Crippen LogP contribution in [0.15, 0.2) is 54.6 Å². The highest BCUT2D eigenvalue weighted by Crippen LogP contribution is 2.36. The predicted molar refractivity (Wildman–Crippen MR) is 126 cm³/mol. The first-order valence-electron chi connectivity index (χ1n) is 10.00. The Balaban J connectivity index is 0.000000785. The second kappa shape index (κ2) is 11.6. The number of nitrogens with one attached hydrogen (secondary N) is 2. The molecule has 6 heteroatoms. The quantitative estimate of drug-likeness (QED) is 0.226. The van der Waals surface area contributed by atoms with Crippen LogP contribution >= 0.6 is 0 Å². The second-order valence-electron chi connectivity index (χ2n) is 7.06. The van der Waals surface area contributed by atoms with Crippen molar-refractivity contribution < 1.29 is 14.3 Å². The fraction of sp³-hybridized carbons (Fsp3) is 0.240. The summed E-state index contributed by atoms with van der Waals surface area (Å²) >= 11 is 0. The molecule has 164 valence electrons. The zero-order chi connectivity index (χ0) is 22.8. The molecule has 0 unspecified atom stereocenters. The molecule has 6 nitrogen and oxygen atoms in total. The van der Waals surface area contributed by atoms with Gasteiger partial charge in [0.1, 0.15) is 18.1 Å². The average molecular weight is 422 g/mol. The molecule has 31 heavy (non-hydrogen) atoms. The van der Waals surface area contributed by atoms with Gasteiger partial charge in [-0.1, -0.05) is 30.3 Å². The van der Waals surface area contributed by atoms with Crippen LogP contribution < -0.4 is 26.1 Å². The predicted octanol–water partition coefficient (Wildman–Crippen LogP) is 4.51. The van der Waals surface area contributed by atoms with Gasteiger partial charge in [0, 0.05) is 23.9 Å². The Hall–Kier alpha value is -3.51. The molecule has 0 saturated heterocycles. The minimum Gasteiger partial charge on any atom is -0.496 e. The van der Waals surface area contributed by atoms with Gasteiger partial charge in [0.25, 0.3) is 0 Å². The second-order valence-corrected chi connectivity index (χ2v) is 7.06. The summed E-state index contributed by atoms with van der Waals surface area (Å²) in [7, 11) is 3.65. The smallest absolute Gasteiger partial charge is 0.221 e. The van der Waals surface area contributed by atoms with Crippen molar-refractivity contribution >= 4 is 12.1 Å². The van der Waals surface area contributed by atoms with Gasteiger partial charge in [0.2, 0.25) is 6.41 Å². The van der Waals surface area contributed by atoms with Crippen molar-refractivity contribution in [2.24, 2.45) is 5.84 Å². The fourth-order valence-corrected chi connectivity index (χ4v) is 3.38. The molecular weight excluding hydrogens is 390 g/mol. The van der Waals surface area contributed by atoms with Crippen LogP contribution in [-0.2, 0) is 11.4 Å². The summed E-state index contributed by atoms with van der Waals surface area (Å²) in [6, 6.07) is 18.7. The summed E-state index contributed by atoms with van der Waals surface area (Å²) in [5.74, 6) is 6.20. The molecule has 0 bridgehead atoms. The zero-order valence-electron chi connectivity index (χ0n) is 18.8. The minimum atomic E-state index is 0.403. The first-order chi connectivity index (χ1) is 15.0. The number of methoxy groups -OCH3 is 1. The summed E-state index contributed by atoms with van der Waals surface area (Å²) < 4.78 is 11.7. The first kappa shape index (κ1) is 23.8. The lowest BCUT2D eigenvalue weighted by atomic mass is 9.97. The maximum absolute atomic E-state index is 8.94. The molecule has 0 spiro atoms. The molecule has 0 aliphatic rings. The van der Waals surface area contributed by atoms with Crippen LogP contribution in [-0.4, -0.2) is 20.6 Å². The number of anilines is 1. The van der Waals surface area contributed by atoms with E-state index in [2.05, 4.69) is 68.3 Å². The number of nitrogens with two attached hydrogens (primary N) is 1. The maximum atomic E-state index is 8.94. The monoisotopic (exact) mass is 421 g/mol. The lowest BCUT2D eigenvalue weighted by molar-refractivity contribution is -0.109. The Morgan fingerprint density at radius 2 is 1.61 bits per heavy atom. The molecule has 3 rings (SSSR count). The molecule has 0 aliphatic carbocycles. The molecule has 3 aromatic carbocycles. The van der Waals surface area contributed by atoms with Crippen LogP contribution in [0.2, 0.25) is 0 Å². The van der Waals surface area contributed by atoms with E-state index in [4.69, 9.17) is 14.3 Å². The number of hydrogen-bond acceptors (Lipinski definition) is 5. The van der Waals surface area contributed by atoms with E-state index in [1.165, 1.54) is 22.3 Å². The van der Waals surface area contributed by atoms with Crippen LogP contribution in [0.4, 0.5) is 5.69 Å². The summed E-state index contributed by atoms with van der Waals surface area (Å²) in [5, 5.41) is 3.25. The number of ether oxygens (including phenoxy) is 2. The third-order valence-electron chi connectivity index (χ3n) is 5.04. The Bertz CT molecular complexity index is 1020. The van der Waals surface area contributed by atoms with Gasteiger partial charge in [-0.15, -0.1) is 0 Å². The van der Waals surface area contributed by atoms with Gasteiger partial charge in [-0.2, -0.15) is 0 Å². The lowest BCUT2D eigenvalue weighted by Gasteiger charge is -2.17. The lowest BCUT2D eigenvalue weighted by Crippen LogP contribution is -2.18. The van der Waals surface area contributed by atoms with Crippen molar-refractivity contribution in [1.82, 2.24) is 5.43 Å². The third-order valence-corrected chi connectivity index (χ3v) is 5.04. The molecule has 1 amide bonds. The third kappa shape index (κ3) is 5.99. The molecule has 0 heterocycles. The SMILES string of the molecule is CNc1cccc(C)c1COc1cc(C)c(-c2ccccc2OC)cc1C.NNC=O. The Morgan fingerprint density at radius 1 is 0.903 bits per heavy atom. The molecule has 0 aliphatic heterocycles. The van der Waals surface area contributed by atoms with E-state index in [0.717, 1.165) is 28.3 Å². The number of carbonyl (C=O) groups excluding carboxylic acids is 1. The summed E-state index contributed by atoms with van der Waals surface area (Å²) in [5.41, 5.74) is 9.81. The normalized spacial score (nSPS) is 9.87. The fourth-order valence-electron chi connectivity index (χ4n) is 3.38. The van der Waals surface area contributed by atoms with Crippen molar-refractivity contribution in [3.05, 3.63) is 76.9 Å². The largest absolute Gasteiger partial charge is 0.496 e. The van der Waals surface area contributed by atoms with E-state index in [0.29, 0.717) is 13.0 Å². The zero-order valence-corrected chi connectivity index (χ0v) is 18.8. The topological polar surface area (TPSA) is 85.6 Å². The van der Waals surface area contributed by atoms with E-state index in [1.807, 2.05) is 25.2 Å². The maximum Gasteiger partial charge on any atom is 0.221 e. The van der Waals surface area contributed by atoms with E-state index >= 15 is 0 Å². The molecule has 0 atom stereocenters. The minimum absolute atomic E-state index is 0.403. The van der Waals surface area contributed by atoms with E-state index < -0.39 is 0 Å². The standard InChI is InChI=1S/C24H27NO2.CH4N2O/c1-16-9-8-11-22(25-4)21(16)15-27-24-14-17(2)20(13-18(24)3)19-10-6-7-12-23(19)26-5;2-3-1-4/h6-14,25H,15H2,1-5H3;1H,2H2,(H,3,4).